The van der Waals surface area contributed by atoms with Gasteiger partial charge in [0.05, 0.1) is 42.2 Å². The zero-order valence-corrected chi connectivity index (χ0v) is 26.0. The van der Waals surface area contributed by atoms with Gasteiger partial charge in [-0.2, -0.15) is 0 Å². The van der Waals surface area contributed by atoms with Crippen molar-refractivity contribution in [2.75, 3.05) is 27.4 Å². The highest BCUT2D eigenvalue weighted by Crippen LogP contribution is 2.38. The first-order valence-electron chi connectivity index (χ1n) is 13.3. The van der Waals surface area contributed by atoms with E-state index in [4.69, 9.17) is 42.1 Å². The van der Waals surface area contributed by atoms with Gasteiger partial charge in [-0.3, -0.25) is 29.4 Å². The first-order valence-corrected chi connectivity index (χ1v) is 14.2. The number of nitrogens with one attached hydrogen (secondary N) is 2. The van der Waals surface area contributed by atoms with E-state index in [1.54, 1.807) is 35.0 Å². The molecule has 3 aliphatic rings. The molecule has 3 saturated heterocycles. The number of alkyl halides is 2. The predicted octanol–water partition coefficient (Wildman–Crippen LogP) is 1.23. The van der Waals surface area contributed by atoms with Gasteiger partial charge in [0.2, 0.25) is 0 Å². The van der Waals surface area contributed by atoms with Crippen LogP contribution in [0.3, 0.4) is 0 Å². The summed E-state index contributed by atoms with van der Waals surface area (Å²) < 4.78 is 23.3. The van der Waals surface area contributed by atoms with Gasteiger partial charge in [0.15, 0.2) is 18.1 Å². The molecule has 0 bridgehead atoms. The highest BCUT2D eigenvalue weighted by molar-refractivity contribution is 6.21. The monoisotopic (exact) mass is 622 g/mol. The summed E-state index contributed by atoms with van der Waals surface area (Å²) in [5.74, 6) is -0.707. The molecule has 41 heavy (non-hydrogen) atoms. The third kappa shape index (κ3) is 6.36. The van der Waals surface area contributed by atoms with Crippen molar-refractivity contribution >= 4 is 35.1 Å². The summed E-state index contributed by atoms with van der Waals surface area (Å²) in [6.07, 6.45) is -1.75. The first kappa shape index (κ1) is 33.5. The number of ether oxygens (including phenoxy) is 4. The molecule has 0 aromatic carbocycles. The van der Waals surface area contributed by atoms with Crippen LogP contribution in [0.5, 0.6) is 0 Å². The van der Waals surface area contributed by atoms with Crippen molar-refractivity contribution < 1.29 is 33.6 Å². The van der Waals surface area contributed by atoms with Gasteiger partial charge >= 0.3 is 11.7 Å². The van der Waals surface area contributed by atoms with Crippen LogP contribution in [0.1, 0.15) is 45.2 Å². The minimum Gasteiger partial charge on any atom is -0.382 e. The smallest absolute Gasteiger partial charge is 0.330 e. The van der Waals surface area contributed by atoms with E-state index in [1.165, 1.54) is 16.4 Å². The van der Waals surface area contributed by atoms with Crippen molar-refractivity contribution in [3.05, 3.63) is 32.1 Å². The number of rotatable bonds is 6. The number of carbonyl (C=O) groups is 2. The van der Waals surface area contributed by atoms with Crippen LogP contribution in [0.4, 0.5) is 4.79 Å². The lowest BCUT2D eigenvalue weighted by Crippen LogP contribution is -2.70. The molecule has 0 aliphatic carbocycles. The van der Waals surface area contributed by atoms with Gasteiger partial charge in [-0.25, -0.2) is 9.59 Å². The molecule has 0 spiro atoms. The number of hydrogen-bond acceptors (Lipinski definition) is 9. The molecule has 3 N–H and O–H groups in total. The lowest BCUT2D eigenvalue weighted by molar-refractivity contribution is -0.156. The summed E-state index contributed by atoms with van der Waals surface area (Å²) in [5, 5.41) is 11.6. The second kappa shape index (κ2) is 13.1. The molecule has 0 saturated carbocycles. The Kier molecular flexibility index (Phi) is 10.7. The molecular formula is C26H40Cl2N4O9. The third-order valence-corrected chi connectivity index (χ3v) is 9.60. The normalized spacial score (nSPS) is 37.1. The third-order valence-electron chi connectivity index (χ3n) is 8.37. The number of carbonyl (C=O) groups excluding carboxylic acids is 2. The number of imide groups is 1. The summed E-state index contributed by atoms with van der Waals surface area (Å²) in [6.45, 7) is 11.0. The van der Waals surface area contributed by atoms with Gasteiger partial charge in [0, 0.05) is 37.3 Å². The van der Waals surface area contributed by atoms with Crippen LogP contribution in [-0.4, -0.2) is 99.8 Å². The summed E-state index contributed by atoms with van der Waals surface area (Å²) in [7, 11) is 3.15. The summed E-state index contributed by atoms with van der Waals surface area (Å²) in [4.78, 5) is 51.0. The van der Waals surface area contributed by atoms with Crippen molar-refractivity contribution in [3.63, 3.8) is 0 Å². The molecule has 15 heteroatoms. The highest BCUT2D eigenvalue weighted by Gasteiger charge is 2.54. The van der Waals surface area contributed by atoms with Crippen LogP contribution < -0.4 is 16.6 Å². The number of aliphatic hydroxyl groups is 1. The van der Waals surface area contributed by atoms with E-state index in [2.05, 4.69) is 10.3 Å². The predicted molar refractivity (Wildman–Crippen MR) is 150 cm³/mol. The number of halogens is 2. The molecule has 232 valence electrons. The van der Waals surface area contributed by atoms with Gasteiger partial charge in [-0.05, 0) is 27.7 Å². The van der Waals surface area contributed by atoms with Crippen LogP contribution >= 0.6 is 23.2 Å². The molecule has 4 rings (SSSR count). The molecule has 3 fully saturated rings. The Bertz CT molecular complexity index is 1240. The van der Waals surface area contributed by atoms with E-state index < -0.39 is 47.1 Å². The zero-order chi connectivity index (χ0) is 31.0. The lowest BCUT2D eigenvalue weighted by atomic mass is 9.92. The van der Waals surface area contributed by atoms with Crippen molar-refractivity contribution in [2.45, 2.75) is 88.6 Å². The molecule has 1 aromatic heterocycles. The van der Waals surface area contributed by atoms with Crippen molar-refractivity contribution in [2.24, 2.45) is 11.8 Å². The van der Waals surface area contributed by atoms with E-state index in [0.29, 0.717) is 24.5 Å². The maximum Gasteiger partial charge on any atom is 0.330 e. The minimum atomic E-state index is -1.70. The maximum absolute atomic E-state index is 12.1. The summed E-state index contributed by atoms with van der Waals surface area (Å²) in [6, 6.07) is -1.36. The molecule has 13 nitrogen and oxygen atoms in total. The fourth-order valence-corrected chi connectivity index (χ4v) is 5.81. The molecule has 1 aromatic rings. The molecule has 3 aliphatic heterocycles. The quantitative estimate of drug-likeness (QED) is 0.396. The van der Waals surface area contributed by atoms with Gasteiger partial charge < -0.3 is 24.1 Å². The molecule has 10 atom stereocenters. The fraction of sp³-hybridized carbons (Fsp3) is 0.769. The van der Waals surface area contributed by atoms with Gasteiger partial charge in [-0.15, -0.1) is 23.2 Å². The Morgan fingerprint density at radius 1 is 0.927 bits per heavy atom. The maximum atomic E-state index is 12.1. The molecule has 10 unspecified atom stereocenters. The van der Waals surface area contributed by atoms with Gasteiger partial charge in [0.25, 0.3) is 11.5 Å². The topological polar surface area (TPSA) is 161 Å². The summed E-state index contributed by atoms with van der Waals surface area (Å²) >= 11 is 12.8. The molecule has 4 heterocycles. The zero-order valence-electron chi connectivity index (χ0n) is 24.5. The van der Waals surface area contributed by atoms with E-state index in [9.17, 15) is 24.3 Å². The minimum absolute atomic E-state index is 0.0285. The average molecular weight is 624 g/mol. The second-order valence-corrected chi connectivity index (χ2v) is 12.0. The van der Waals surface area contributed by atoms with Crippen LogP contribution in [0.2, 0.25) is 0 Å². The van der Waals surface area contributed by atoms with E-state index >= 15 is 0 Å². The van der Waals surface area contributed by atoms with Gasteiger partial charge in [-0.1, -0.05) is 13.8 Å². The molecule has 0 radical (unpaired) electrons. The fourth-order valence-electron chi connectivity index (χ4n) is 5.13. The largest absolute Gasteiger partial charge is 0.382 e. The lowest BCUT2D eigenvalue weighted by Gasteiger charge is -2.44. The van der Waals surface area contributed by atoms with Crippen molar-refractivity contribution in [1.29, 1.82) is 0 Å². The van der Waals surface area contributed by atoms with Crippen LogP contribution in [0, 0.1) is 25.7 Å². The van der Waals surface area contributed by atoms with E-state index in [0.717, 1.165) is 0 Å². The van der Waals surface area contributed by atoms with Crippen molar-refractivity contribution in [3.8, 4) is 0 Å². The number of amides is 3. The van der Waals surface area contributed by atoms with Crippen LogP contribution in [-0.2, 0) is 23.7 Å². The number of hydrogen-bond donors (Lipinski definition) is 3. The average Bonchev–Trinajstić information content (AvgIpc) is 3.33. The number of aromatic nitrogens is 2. The Balaban J connectivity index is 0.000000226. The number of urea groups is 1. The van der Waals surface area contributed by atoms with Crippen LogP contribution in [0.15, 0.2) is 9.59 Å². The van der Waals surface area contributed by atoms with E-state index in [1.807, 2.05) is 13.8 Å². The number of nitrogens with zero attached hydrogens (tertiary/aromatic N) is 2. The van der Waals surface area contributed by atoms with Gasteiger partial charge in [0.1, 0.15) is 0 Å². The Labute approximate surface area is 248 Å². The number of aromatic amines is 1. The second-order valence-electron chi connectivity index (χ2n) is 11.0. The van der Waals surface area contributed by atoms with Crippen molar-refractivity contribution in [1.82, 2.24) is 19.8 Å². The first-order chi connectivity index (χ1) is 19.1. The van der Waals surface area contributed by atoms with E-state index in [-0.39, 0.29) is 35.0 Å². The Hall–Kier alpha value is -2.00. The SMILES string of the molecule is COCC1OC(N2C(=O)NC(=O)C(C)(O)C2C)C(Cl)C1C.COCC1OC(n2c(C)c(C)c(=O)[nH]c2=O)C(Cl)C1C. The Morgan fingerprint density at radius 2 is 1.41 bits per heavy atom. The summed E-state index contributed by atoms with van der Waals surface area (Å²) in [5.41, 5.74) is -1.52. The molecule has 3 amide bonds. The standard InChI is InChI=1S/C13H21ClN2O5.C13H19ClN2O4/c1-6-8(5-20-4)21-10(9(6)14)16-7(2)13(3,19)11(17)15-12(16)18;1-6-8(3)16(13(18)15-11(6)17)12-10(14)7(2)9(20-12)5-19-4/h6-10,19H,5H2,1-4H3,(H,15,17,18);7,9-10,12H,5H2,1-4H3,(H,15,17,18). The number of methoxy groups -OCH3 is 2. The number of H-pyrrole nitrogens is 1. The highest BCUT2D eigenvalue weighted by atomic mass is 35.5. The molecular weight excluding hydrogens is 583 g/mol. The Morgan fingerprint density at radius 3 is 1.93 bits per heavy atom. The van der Waals surface area contributed by atoms with Crippen LogP contribution in [0.25, 0.3) is 0 Å².